The van der Waals surface area contributed by atoms with Crippen molar-refractivity contribution in [2.24, 2.45) is 0 Å². The fourth-order valence-electron chi connectivity index (χ4n) is 2.97. The van der Waals surface area contributed by atoms with Crippen molar-refractivity contribution in [1.82, 2.24) is 9.97 Å². The monoisotopic (exact) mass is 328 g/mol. The van der Waals surface area contributed by atoms with Gasteiger partial charge in [0.15, 0.2) is 5.43 Å². The van der Waals surface area contributed by atoms with Crippen LogP contribution in [-0.2, 0) is 0 Å². The first kappa shape index (κ1) is 15.1. The van der Waals surface area contributed by atoms with Crippen LogP contribution < -0.4 is 5.43 Å². The first-order valence-corrected chi connectivity index (χ1v) is 8.01. The maximum Gasteiger partial charge on any atom is 0.192 e. The van der Waals surface area contributed by atoms with Crippen LogP contribution in [0.4, 0.5) is 0 Å². The van der Waals surface area contributed by atoms with Crippen LogP contribution in [-0.4, -0.2) is 15.1 Å². The number of rotatable bonds is 2. The predicted molar refractivity (Wildman–Crippen MR) is 99.6 cm³/mol. The van der Waals surface area contributed by atoms with Crippen LogP contribution in [0, 0.1) is 6.92 Å². The van der Waals surface area contributed by atoms with Gasteiger partial charge in [-0.05, 0) is 55.5 Å². The molecule has 0 amide bonds. The van der Waals surface area contributed by atoms with Crippen molar-refractivity contribution in [2.75, 3.05) is 0 Å². The molecule has 25 heavy (non-hydrogen) atoms. The lowest BCUT2D eigenvalue weighted by atomic mass is 10.0. The highest BCUT2D eigenvalue weighted by atomic mass is 16.3. The molecular formula is C21H16N2O2. The van der Waals surface area contributed by atoms with E-state index in [0.717, 1.165) is 28.0 Å². The van der Waals surface area contributed by atoms with E-state index in [4.69, 9.17) is 0 Å². The molecule has 0 atom stereocenters. The molecule has 4 heteroatoms. The minimum Gasteiger partial charge on any atom is -0.508 e. The Morgan fingerprint density at radius 2 is 1.64 bits per heavy atom. The molecular weight excluding hydrogens is 312 g/mol. The van der Waals surface area contributed by atoms with Crippen LogP contribution >= 0.6 is 0 Å². The molecule has 0 saturated carbocycles. The topological polar surface area (TPSA) is 66.0 Å². The molecule has 0 aliphatic heterocycles. The molecule has 0 spiro atoms. The van der Waals surface area contributed by atoms with Gasteiger partial charge in [-0.2, -0.15) is 0 Å². The van der Waals surface area contributed by atoms with Gasteiger partial charge in [-0.3, -0.25) is 9.78 Å². The van der Waals surface area contributed by atoms with Crippen molar-refractivity contribution in [1.29, 1.82) is 0 Å². The van der Waals surface area contributed by atoms with E-state index in [1.165, 1.54) is 0 Å². The highest BCUT2D eigenvalue weighted by Gasteiger charge is 2.10. The van der Waals surface area contributed by atoms with E-state index in [9.17, 15) is 9.90 Å². The van der Waals surface area contributed by atoms with E-state index < -0.39 is 0 Å². The fourth-order valence-corrected chi connectivity index (χ4v) is 2.97. The van der Waals surface area contributed by atoms with E-state index >= 15 is 0 Å². The quantitative estimate of drug-likeness (QED) is 0.577. The number of benzene rings is 2. The zero-order valence-corrected chi connectivity index (χ0v) is 13.7. The highest BCUT2D eigenvalue weighted by Crippen LogP contribution is 2.25. The number of nitrogens with zero attached hydrogens (tertiary/aromatic N) is 1. The van der Waals surface area contributed by atoms with Gasteiger partial charge in [0, 0.05) is 33.8 Å². The molecule has 122 valence electrons. The molecule has 2 heterocycles. The van der Waals surface area contributed by atoms with Crippen LogP contribution in [0.2, 0.25) is 0 Å². The molecule has 2 aromatic heterocycles. The number of aromatic amines is 1. The zero-order valence-electron chi connectivity index (χ0n) is 13.7. The smallest absolute Gasteiger partial charge is 0.192 e. The van der Waals surface area contributed by atoms with Crippen LogP contribution in [0.5, 0.6) is 5.75 Å². The minimum atomic E-state index is 0.0342. The van der Waals surface area contributed by atoms with Gasteiger partial charge in [0.1, 0.15) is 5.75 Å². The zero-order chi connectivity index (χ0) is 17.4. The molecule has 0 aliphatic carbocycles. The summed E-state index contributed by atoms with van der Waals surface area (Å²) in [6.45, 7) is 1.83. The van der Waals surface area contributed by atoms with Crippen molar-refractivity contribution < 1.29 is 5.11 Å². The summed E-state index contributed by atoms with van der Waals surface area (Å²) in [4.78, 5) is 20.4. The van der Waals surface area contributed by atoms with Gasteiger partial charge >= 0.3 is 0 Å². The Kier molecular flexibility index (Phi) is 3.58. The van der Waals surface area contributed by atoms with E-state index in [-0.39, 0.29) is 11.2 Å². The van der Waals surface area contributed by atoms with Crippen molar-refractivity contribution in [2.45, 2.75) is 6.92 Å². The third-order valence-corrected chi connectivity index (χ3v) is 4.36. The lowest BCUT2D eigenvalue weighted by molar-refractivity contribution is 0.475. The number of H-pyrrole nitrogens is 1. The van der Waals surface area contributed by atoms with Gasteiger partial charge in [0.2, 0.25) is 0 Å². The number of phenolic OH excluding ortho intramolecular Hbond substituents is 1. The third kappa shape index (κ3) is 2.68. The molecule has 0 unspecified atom stereocenters. The number of hydrogen-bond acceptors (Lipinski definition) is 3. The summed E-state index contributed by atoms with van der Waals surface area (Å²) in [7, 11) is 0. The SMILES string of the molecule is Cc1c(-c2ccc(-c3ccc(O)cc3)nc2)[nH]c2ccccc2c1=O. The molecule has 0 aliphatic rings. The van der Waals surface area contributed by atoms with Crippen LogP contribution in [0.3, 0.4) is 0 Å². The average molecular weight is 328 g/mol. The number of aromatic nitrogens is 2. The molecule has 0 radical (unpaired) electrons. The highest BCUT2D eigenvalue weighted by molar-refractivity contribution is 5.83. The standard InChI is InChI=1S/C21H16N2O2/c1-13-20(23-19-5-3-2-4-17(19)21(13)25)15-8-11-18(22-12-15)14-6-9-16(24)10-7-14/h2-12,24H,1H3,(H,23,25). The largest absolute Gasteiger partial charge is 0.508 e. The van der Waals surface area contributed by atoms with E-state index in [0.29, 0.717) is 10.9 Å². The maximum absolute atomic E-state index is 12.6. The molecule has 4 nitrogen and oxygen atoms in total. The lowest BCUT2D eigenvalue weighted by Crippen LogP contribution is -2.09. The van der Waals surface area contributed by atoms with Crippen LogP contribution in [0.15, 0.2) is 71.7 Å². The Bertz CT molecular complexity index is 1110. The Morgan fingerprint density at radius 3 is 2.36 bits per heavy atom. The maximum atomic E-state index is 12.6. The van der Waals surface area contributed by atoms with Crippen LogP contribution in [0.25, 0.3) is 33.4 Å². The van der Waals surface area contributed by atoms with Crippen molar-refractivity contribution in [3.05, 3.63) is 82.6 Å². The Morgan fingerprint density at radius 1 is 0.920 bits per heavy atom. The van der Waals surface area contributed by atoms with E-state index in [1.54, 1.807) is 18.3 Å². The predicted octanol–water partition coefficient (Wildman–Crippen LogP) is 4.27. The first-order valence-electron chi connectivity index (χ1n) is 8.01. The van der Waals surface area contributed by atoms with Crippen LogP contribution in [0.1, 0.15) is 5.56 Å². The summed E-state index contributed by atoms with van der Waals surface area (Å²) in [5.74, 6) is 0.227. The normalized spacial score (nSPS) is 10.9. The summed E-state index contributed by atoms with van der Waals surface area (Å²) in [6, 6.07) is 18.3. The third-order valence-electron chi connectivity index (χ3n) is 4.36. The van der Waals surface area contributed by atoms with Gasteiger partial charge in [-0.25, -0.2) is 0 Å². The fraction of sp³-hybridized carbons (Fsp3) is 0.0476. The molecule has 4 rings (SSSR count). The van der Waals surface area contributed by atoms with Gasteiger partial charge in [0.25, 0.3) is 0 Å². The number of pyridine rings is 2. The molecule has 0 fully saturated rings. The molecule has 0 saturated heterocycles. The van der Waals surface area contributed by atoms with E-state index in [1.807, 2.05) is 55.5 Å². The summed E-state index contributed by atoms with van der Waals surface area (Å²) in [6.07, 6.45) is 1.76. The first-order chi connectivity index (χ1) is 12.1. The number of nitrogens with one attached hydrogen (secondary N) is 1. The minimum absolute atomic E-state index is 0.0342. The number of aromatic hydroxyl groups is 1. The second-order valence-corrected chi connectivity index (χ2v) is 5.98. The summed E-state index contributed by atoms with van der Waals surface area (Å²) in [5.41, 5.74) is 4.91. The Balaban J connectivity index is 1.80. The second kappa shape index (κ2) is 5.91. The van der Waals surface area contributed by atoms with Crippen molar-refractivity contribution in [3.63, 3.8) is 0 Å². The number of hydrogen-bond donors (Lipinski definition) is 2. The lowest BCUT2D eigenvalue weighted by Gasteiger charge is -2.09. The number of phenols is 1. The number of fused-ring (bicyclic) bond motifs is 1. The Labute approximate surface area is 144 Å². The second-order valence-electron chi connectivity index (χ2n) is 5.98. The molecule has 4 aromatic rings. The molecule has 2 aromatic carbocycles. The number of para-hydroxylation sites is 1. The van der Waals surface area contributed by atoms with Gasteiger partial charge in [0.05, 0.1) is 11.4 Å². The van der Waals surface area contributed by atoms with Gasteiger partial charge in [-0.15, -0.1) is 0 Å². The van der Waals surface area contributed by atoms with Crippen molar-refractivity contribution in [3.8, 4) is 28.3 Å². The molecule has 0 bridgehead atoms. The summed E-state index contributed by atoms with van der Waals surface area (Å²) in [5, 5.41) is 10.1. The Hall–Kier alpha value is -3.40. The summed E-state index contributed by atoms with van der Waals surface area (Å²) >= 11 is 0. The average Bonchev–Trinajstić information content (AvgIpc) is 2.65. The van der Waals surface area contributed by atoms with Gasteiger partial charge < -0.3 is 10.1 Å². The van der Waals surface area contributed by atoms with E-state index in [2.05, 4.69) is 9.97 Å². The van der Waals surface area contributed by atoms with Gasteiger partial charge in [-0.1, -0.05) is 12.1 Å². The summed E-state index contributed by atoms with van der Waals surface area (Å²) < 4.78 is 0. The van der Waals surface area contributed by atoms with Crippen molar-refractivity contribution >= 4 is 10.9 Å². The molecule has 2 N–H and O–H groups in total.